The molecular formula is C46H28O. The molecule has 1 aromatic heterocycles. The molecule has 9 aromatic carbocycles. The highest BCUT2D eigenvalue weighted by Gasteiger charge is 2.18. The number of hydrogen-bond acceptors (Lipinski definition) is 1. The molecule has 0 atom stereocenters. The Morgan fingerprint density at radius 1 is 0.362 bits per heavy atom. The third-order valence-corrected chi connectivity index (χ3v) is 9.27. The van der Waals surface area contributed by atoms with Crippen LogP contribution in [0.5, 0.6) is 0 Å². The normalized spacial score (nSPS) is 14.2. The van der Waals surface area contributed by atoms with Crippen molar-refractivity contribution in [1.29, 1.82) is 0 Å². The van der Waals surface area contributed by atoms with E-state index in [1.807, 2.05) is 78.9 Å². The fraction of sp³-hybridized carbons (Fsp3) is 0. The molecule has 0 saturated heterocycles. The molecule has 218 valence electrons. The number of benzene rings is 9. The van der Waals surface area contributed by atoms with Gasteiger partial charge in [-0.05, 0) is 107 Å². The molecule has 0 aliphatic carbocycles. The Morgan fingerprint density at radius 3 is 1.64 bits per heavy atom. The molecule has 0 spiro atoms. The number of para-hydroxylation sites is 1. The highest BCUT2D eigenvalue weighted by Crippen LogP contribution is 2.45. The van der Waals surface area contributed by atoms with E-state index in [0.29, 0.717) is 33.4 Å². The third-order valence-electron chi connectivity index (χ3n) is 9.27. The molecule has 1 heterocycles. The first-order chi connectivity index (χ1) is 26.6. The van der Waals surface area contributed by atoms with Crippen LogP contribution in [-0.4, -0.2) is 0 Å². The van der Waals surface area contributed by atoms with Crippen molar-refractivity contribution < 1.29 is 15.4 Å². The van der Waals surface area contributed by atoms with E-state index < -0.39 is 24.2 Å². The van der Waals surface area contributed by atoms with Crippen LogP contribution >= 0.6 is 0 Å². The molecule has 10 aromatic rings. The molecule has 0 fully saturated rings. The van der Waals surface area contributed by atoms with E-state index in [1.165, 1.54) is 0 Å². The summed E-state index contributed by atoms with van der Waals surface area (Å²) in [6, 6.07) is 36.4. The Morgan fingerprint density at radius 2 is 0.915 bits per heavy atom. The van der Waals surface area contributed by atoms with Crippen molar-refractivity contribution >= 4 is 65.0 Å². The Labute approximate surface area is 283 Å². The van der Waals surface area contributed by atoms with Crippen molar-refractivity contribution in [3.63, 3.8) is 0 Å². The number of fused-ring (bicyclic) bond motifs is 8. The van der Waals surface area contributed by atoms with Crippen LogP contribution in [0.15, 0.2) is 174 Å². The zero-order chi connectivity index (χ0) is 37.9. The van der Waals surface area contributed by atoms with Crippen LogP contribution in [0.25, 0.3) is 98.4 Å². The van der Waals surface area contributed by atoms with Crippen molar-refractivity contribution in [2.24, 2.45) is 0 Å². The lowest BCUT2D eigenvalue weighted by Gasteiger charge is -2.18. The molecule has 0 N–H and O–H groups in total. The number of rotatable bonds is 3. The summed E-state index contributed by atoms with van der Waals surface area (Å²) in [7, 11) is 0. The quantitative estimate of drug-likeness (QED) is 0.144. The summed E-state index contributed by atoms with van der Waals surface area (Å²) in [5, 5.41) is 6.64. The van der Waals surface area contributed by atoms with E-state index in [1.54, 1.807) is 12.1 Å². The summed E-state index contributed by atoms with van der Waals surface area (Å²) < 4.78 is 79.0. The van der Waals surface area contributed by atoms with Gasteiger partial charge in [0.2, 0.25) is 0 Å². The molecule has 0 aliphatic rings. The summed E-state index contributed by atoms with van der Waals surface area (Å²) in [4.78, 5) is 0. The van der Waals surface area contributed by atoms with Crippen LogP contribution < -0.4 is 0 Å². The summed E-state index contributed by atoms with van der Waals surface area (Å²) in [5.41, 5.74) is 4.83. The third kappa shape index (κ3) is 3.97. The first-order valence-corrected chi connectivity index (χ1v) is 15.5. The van der Waals surface area contributed by atoms with E-state index in [0.717, 1.165) is 43.4 Å². The lowest BCUT2D eigenvalue weighted by Crippen LogP contribution is -1.91. The van der Waals surface area contributed by atoms with Gasteiger partial charge in [0.25, 0.3) is 0 Å². The average molecular weight is 605 g/mol. The van der Waals surface area contributed by atoms with Gasteiger partial charge >= 0.3 is 0 Å². The Kier molecular flexibility index (Phi) is 4.19. The molecule has 0 unspecified atom stereocenters. The number of furan rings is 1. The molecule has 1 nitrogen and oxygen atoms in total. The molecule has 0 aliphatic heterocycles. The first-order valence-electron chi connectivity index (χ1n) is 19.5. The van der Waals surface area contributed by atoms with Crippen LogP contribution in [0.3, 0.4) is 0 Å². The molecule has 0 radical (unpaired) electrons. The molecule has 10 rings (SSSR count). The minimum absolute atomic E-state index is 0.173. The maximum atomic E-state index is 9.40. The standard InChI is InChI=1S/C46H28O/c1-2-15-33-30(12-1)27-41(35-17-4-3-16-34(33)35)29-13-11-14-31(26-29)45-37-19-5-7-21-39(37)46(40-22-8-6-20-38(40)45)32-24-25-44-42(28-32)36-18-9-10-23-43(36)47-44/h1-28H/i5D,6D,7D,8D,19D,20D,21D,22D. The second-order valence-electron chi connectivity index (χ2n) is 11.8. The topological polar surface area (TPSA) is 13.1 Å². The largest absolute Gasteiger partial charge is 0.456 e. The SMILES string of the molecule is [2H]c1c([2H])c([2H])c2c(-c3ccc4oc5ccccc5c4c3)c3c([2H])c([2H])c([2H])c([2H])c3c(-c3cccc(-c4cc5ccccc5c5ccccc45)c3)c2c1[2H]. The zero-order valence-corrected chi connectivity index (χ0v) is 25.0. The van der Waals surface area contributed by atoms with E-state index in [-0.39, 0.29) is 45.7 Å². The van der Waals surface area contributed by atoms with Crippen molar-refractivity contribution in [3.8, 4) is 33.4 Å². The van der Waals surface area contributed by atoms with Gasteiger partial charge in [-0.25, -0.2) is 0 Å². The highest BCUT2D eigenvalue weighted by atomic mass is 16.3. The summed E-state index contributed by atoms with van der Waals surface area (Å²) in [5.74, 6) is 0. The molecule has 47 heavy (non-hydrogen) atoms. The minimum Gasteiger partial charge on any atom is -0.456 e. The van der Waals surface area contributed by atoms with Crippen molar-refractivity contribution in [1.82, 2.24) is 0 Å². The second kappa shape index (κ2) is 10.2. The maximum Gasteiger partial charge on any atom is 0.135 e. The summed E-state index contributed by atoms with van der Waals surface area (Å²) >= 11 is 0. The summed E-state index contributed by atoms with van der Waals surface area (Å²) in [6.07, 6.45) is 0. The molecule has 1 heteroatoms. The lowest BCUT2D eigenvalue weighted by molar-refractivity contribution is 0.669. The van der Waals surface area contributed by atoms with Crippen LogP contribution in [0.4, 0.5) is 0 Å². The highest BCUT2D eigenvalue weighted by molar-refractivity contribution is 6.22. The molecule has 0 bridgehead atoms. The van der Waals surface area contributed by atoms with Crippen LogP contribution in [0.1, 0.15) is 11.0 Å². The van der Waals surface area contributed by atoms with Gasteiger partial charge in [0, 0.05) is 10.8 Å². The van der Waals surface area contributed by atoms with Crippen LogP contribution in [-0.2, 0) is 0 Å². The Hall–Kier alpha value is -6.18. The van der Waals surface area contributed by atoms with Gasteiger partial charge in [-0.3, -0.25) is 0 Å². The van der Waals surface area contributed by atoms with Crippen LogP contribution in [0, 0.1) is 0 Å². The maximum absolute atomic E-state index is 9.40. The van der Waals surface area contributed by atoms with Gasteiger partial charge < -0.3 is 4.42 Å². The van der Waals surface area contributed by atoms with Gasteiger partial charge in [-0.1, -0.05) is 139 Å². The molecular weight excluding hydrogens is 569 g/mol. The van der Waals surface area contributed by atoms with Gasteiger partial charge in [-0.2, -0.15) is 0 Å². The predicted octanol–water partition coefficient (Wildman–Crippen LogP) is 13.2. The monoisotopic (exact) mass is 604 g/mol. The smallest absolute Gasteiger partial charge is 0.135 e. The summed E-state index contributed by atoms with van der Waals surface area (Å²) in [6.45, 7) is 0. The predicted molar refractivity (Wildman–Crippen MR) is 200 cm³/mol. The fourth-order valence-electron chi connectivity index (χ4n) is 7.22. The van der Waals surface area contributed by atoms with Gasteiger partial charge in [0.1, 0.15) is 11.2 Å². The van der Waals surface area contributed by atoms with E-state index >= 15 is 0 Å². The Bertz CT molecular complexity index is 3230. The van der Waals surface area contributed by atoms with Crippen molar-refractivity contribution in [3.05, 3.63) is 170 Å². The van der Waals surface area contributed by atoms with Gasteiger partial charge in [0.15, 0.2) is 0 Å². The van der Waals surface area contributed by atoms with E-state index in [4.69, 9.17) is 9.90 Å². The van der Waals surface area contributed by atoms with E-state index in [9.17, 15) is 5.48 Å². The number of hydrogen-bond donors (Lipinski definition) is 0. The van der Waals surface area contributed by atoms with Crippen LogP contribution in [0.2, 0.25) is 0 Å². The Balaban J connectivity index is 1.38. The zero-order valence-electron chi connectivity index (χ0n) is 33.0. The van der Waals surface area contributed by atoms with Gasteiger partial charge in [0.05, 0.1) is 11.0 Å². The first kappa shape index (κ1) is 19.4. The van der Waals surface area contributed by atoms with Gasteiger partial charge in [-0.15, -0.1) is 0 Å². The van der Waals surface area contributed by atoms with Crippen molar-refractivity contribution in [2.45, 2.75) is 0 Å². The average Bonchev–Trinajstić information content (AvgIpc) is 3.60. The lowest BCUT2D eigenvalue weighted by atomic mass is 9.85. The van der Waals surface area contributed by atoms with Crippen molar-refractivity contribution in [2.75, 3.05) is 0 Å². The molecule has 0 saturated carbocycles. The fourth-order valence-corrected chi connectivity index (χ4v) is 7.22. The second-order valence-corrected chi connectivity index (χ2v) is 11.8. The van der Waals surface area contributed by atoms with E-state index in [2.05, 4.69) is 30.3 Å². The minimum atomic E-state index is -0.434. The molecule has 0 amide bonds.